The molecule has 0 fully saturated rings. The summed E-state index contributed by atoms with van der Waals surface area (Å²) >= 11 is 0. The first kappa shape index (κ1) is 10.8. The highest BCUT2D eigenvalue weighted by molar-refractivity contribution is 5.67. The van der Waals surface area contributed by atoms with Gasteiger partial charge in [0.15, 0.2) is 0 Å². The molecule has 12 heavy (non-hydrogen) atoms. The number of nitrogens with one attached hydrogen (secondary N) is 1. The molecule has 3 heteroatoms. The van der Waals surface area contributed by atoms with E-state index in [-0.39, 0.29) is 6.54 Å². The van der Waals surface area contributed by atoms with Gasteiger partial charge >= 0.3 is 6.09 Å². The molecule has 0 bridgehead atoms. The van der Waals surface area contributed by atoms with Crippen LogP contribution in [0.5, 0.6) is 0 Å². The van der Waals surface area contributed by atoms with Crippen molar-refractivity contribution in [3.8, 4) is 12.3 Å². The third kappa shape index (κ3) is 5.60. The molecule has 0 aromatic heterocycles. The minimum absolute atomic E-state index is 0.222. The number of hydrogen-bond donors (Lipinski definition) is 1. The molecule has 0 radical (unpaired) electrons. The molecule has 0 aromatic carbocycles. The molecule has 0 saturated carbocycles. The second kappa shape index (κ2) is 6.53. The Kier molecular flexibility index (Phi) is 5.90. The van der Waals surface area contributed by atoms with Crippen molar-refractivity contribution in [1.29, 1.82) is 0 Å². The average Bonchev–Trinajstić information content (AvgIpc) is 2.10. The highest BCUT2D eigenvalue weighted by Crippen LogP contribution is 2.00. The third-order valence-corrected chi connectivity index (χ3v) is 1.53. The van der Waals surface area contributed by atoms with Crippen LogP contribution in [0.25, 0.3) is 0 Å². The quantitative estimate of drug-likeness (QED) is 0.646. The topological polar surface area (TPSA) is 38.3 Å². The Morgan fingerprint density at radius 1 is 1.75 bits per heavy atom. The molecule has 3 nitrogen and oxygen atoms in total. The fourth-order valence-electron chi connectivity index (χ4n) is 0.510. The Labute approximate surface area is 73.5 Å². The van der Waals surface area contributed by atoms with Crippen molar-refractivity contribution in [3.05, 3.63) is 0 Å². The van der Waals surface area contributed by atoms with Crippen LogP contribution < -0.4 is 5.32 Å². The summed E-state index contributed by atoms with van der Waals surface area (Å²) in [6.07, 6.45) is 5.50. The van der Waals surface area contributed by atoms with Crippen molar-refractivity contribution in [2.24, 2.45) is 5.92 Å². The van der Waals surface area contributed by atoms with Gasteiger partial charge in [-0.25, -0.2) is 4.79 Å². The Balaban J connectivity index is 3.38. The molecule has 0 spiro atoms. The van der Waals surface area contributed by atoms with Crippen molar-refractivity contribution < 1.29 is 9.53 Å². The lowest BCUT2D eigenvalue weighted by Crippen LogP contribution is -2.26. The Bertz CT molecular complexity index is 172. The lowest BCUT2D eigenvalue weighted by atomic mass is 10.1. The maximum atomic E-state index is 10.8. The Morgan fingerprint density at radius 2 is 2.42 bits per heavy atom. The molecule has 0 heterocycles. The summed E-state index contributed by atoms with van der Waals surface area (Å²) < 4.78 is 4.85. The fourth-order valence-corrected chi connectivity index (χ4v) is 0.510. The SMILES string of the molecule is C#CCNC(=O)OC[C@@H](C)CC. The zero-order chi connectivity index (χ0) is 9.40. The van der Waals surface area contributed by atoms with E-state index in [2.05, 4.69) is 11.2 Å². The summed E-state index contributed by atoms with van der Waals surface area (Å²) in [4.78, 5) is 10.8. The average molecular weight is 169 g/mol. The molecule has 0 aromatic rings. The van der Waals surface area contributed by atoms with Crippen LogP contribution in [-0.4, -0.2) is 19.2 Å². The van der Waals surface area contributed by atoms with Crippen LogP contribution >= 0.6 is 0 Å². The van der Waals surface area contributed by atoms with E-state index < -0.39 is 6.09 Å². The maximum Gasteiger partial charge on any atom is 0.407 e. The van der Waals surface area contributed by atoms with Crippen LogP contribution in [0.4, 0.5) is 4.79 Å². The second-order valence-corrected chi connectivity index (χ2v) is 2.67. The highest BCUT2D eigenvalue weighted by atomic mass is 16.5. The van der Waals surface area contributed by atoms with Crippen molar-refractivity contribution in [2.45, 2.75) is 20.3 Å². The van der Waals surface area contributed by atoms with E-state index in [1.807, 2.05) is 13.8 Å². The van der Waals surface area contributed by atoms with E-state index in [9.17, 15) is 4.79 Å². The van der Waals surface area contributed by atoms with Gasteiger partial charge in [0.2, 0.25) is 0 Å². The van der Waals surface area contributed by atoms with Gasteiger partial charge in [0.05, 0.1) is 13.2 Å². The standard InChI is InChI=1S/C9H15NO2/c1-4-6-10-9(11)12-7-8(3)5-2/h1,8H,5-7H2,2-3H3,(H,10,11)/t8-/m0/s1. The Morgan fingerprint density at radius 3 is 2.92 bits per heavy atom. The second-order valence-electron chi connectivity index (χ2n) is 2.67. The molecule has 1 N–H and O–H groups in total. The van der Waals surface area contributed by atoms with Crippen molar-refractivity contribution in [3.63, 3.8) is 0 Å². The van der Waals surface area contributed by atoms with Gasteiger partial charge < -0.3 is 10.1 Å². The van der Waals surface area contributed by atoms with E-state index in [1.54, 1.807) is 0 Å². The van der Waals surface area contributed by atoms with Gasteiger partial charge in [-0.1, -0.05) is 26.2 Å². The van der Waals surface area contributed by atoms with Gasteiger partial charge in [-0.2, -0.15) is 0 Å². The lowest BCUT2D eigenvalue weighted by Gasteiger charge is -2.08. The largest absolute Gasteiger partial charge is 0.449 e. The number of alkyl carbamates (subject to hydrolysis) is 1. The zero-order valence-electron chi connectivity index (χ0n) is 7.59. The Hall–Kier alpha value is -1.17. The van der Waals surface area contributed by atoms with Gasteiger partial charge in [-0.15, -0.1) is 6.42 Å². The van der Waals surface area contributed by atoms with E-state index >= 15 is 0 Å². The van der Waals surface area contributed by atoms with Crippen LogP contribution in [0.15, 0.2) is 0 Å². The zero-order valence-corrected chi connectivity index (χ0v) is 7.59. The smallest absolute Gasteiger partial charge is 0.407 e. The van der Waals surface area contributed by atoms with Crippen LogP contribution in [-0.2, 0) is 4.74 Å². The summed E-state index contributed by atoms with van der Waals surface area (Å²) in [6.45, 7) is 4.74. The summed E-state index contributed by atoms with van der Waals surface area (Å²) in [5.74, 6) is 2.69. The number of amides is 1. The summed E-state index contributed by atoms with van der Waals surface area (Å²) in [6, 6.07) is 0. The first-order chi connectivity index (χ1) is 5.70. The number of carbonyl (C=O) groups excluding carboxylic acids is 1. The molecule has 0 rings (SSSR count). The number of ether oxygens (including phenoxy) is 1. The normalized spacial score (nSPS) is 11.4. The van der Waals surface area contributed by atoms with E-state index in [4.69, 9.17) is 11.2 Å². The van der Waals surface area contributed by atoms with E-state index in [0.717, 1.165) is 6.42 Å². The summed E-state index contributed by atoms with van der Waals surface area (Å²) in [5, 5.41) is 2.41. The van der Waals surface area contributed by atoms with Gasteiger partial charge in [0, 0.05) is 0 Å². The molecule has 0 unspecified atom stereocenters. The summed E-state index contributed by atoms with van der Waals surface area (Å²) in [5.41, 5.74) is 0. The minimum atomic E-state index is -0.437. The highest BCUT2D eigenvalue weighted by Gasteiger charge is 2.03. The summed E-state index contributed by atoms with van der Waals surface area (Å²) in [7, 11) is 0. The van der Waals surface area contributed by atoms with Crippen LogP contribution in [0.2, 0.25) is 0 Å². The van der Waals surface area contributed by atoms with Gasteiger partial charge in [-0.05, 0) is 5.92 Å². The van der Waals surface area contributed by atoms with Crippen LogP contribution in [0.1, 0.15) is 20.3 Å². The van der Waals surface area contributed by atoms with Crippen LogP contribution in [0.3, 0.4) is 0 Å². The molecule has 0 aliphatic carbocycles. The van der Waals surface area contributed by atoms with Gasteiger partial charge in [0.25, 0.3) is 0 Å². The molecule has 0 aliphatic heterocycles. The first-order valence-electron chi connectivity index (χ1n) is 4.04. The number of carbonyl (C=O) groups is 1. The molecule has 68 valence electrons. The molecule has 0 aliphatic rings. The van der Waals surface area contributed by atoms with E-state index in [0.29, 0.717) is 12.5 Å². The fraction of sp³-hybridized carbons (Fsp3) is 0.667. The molecule has 1 atom stereocenters. The third-order valence-electron chi connectivity index (χ3n) is 1.53. The molecular formula is C9H15NO2. The van der Waals surface area contributed by atoms with E-state index in [1.165, 1.54) is 0 Å². The monoisotopic (exact) mass is 169 g/mol. The van der Waals surface area contributed by atoms with Crippen molar-refractivity contribution in [1.82, 2.24) is 5.32 Å². The van der Waals surface area contributed by atoms with Crippen LogP contribution in [0, 0.1) is 18.3 Å². The minimum Gasteiger partial charge on any atom is -0.449 e. The maximum absolute atomic E-state index is 10.8. The van der Waals surface area contributed by atoms with Crippen molar-refractivity contribution >= 4 is 6.09 Å². The van der Waals surface area contributed by atoms with Gasteiger partial charge in [0.1, 0.15) is 0 Å². The molecular weight excluding hydrogens is 154 g/mol. The predicted molar refractivity (Wildman–Crippen MR) is 47.6 cm³/mol. The number of terminal acetylenes is 1. The molecule has 1 amide bonds. The molecule has 0 saturated heterocycles. The first-order valence-corrected chi connectivity index (χ1v) is 4.04. The number of hydrogen-bond acceptors (Lipinski definition) is 2. The van der Waals surface area contributed by atoms with Gasteiger partial charge in [-0.3, -0.25) is 0 Å². The van der Waals surface area contributed by atoms with Crippen molar-refractivity contribution in [2.75, 3.05) is 13.2 Å². The predicted octanol–water partition coefficient (Wildman–Crippen LogP) is 1.39. The number of rotatable bonds is 4. The lowest BCUT2D eigenvalue weighted by molar-refractivity contribution is 0.130.